The van der Waals surface area contributed by atoms with E-state index in [-0.39, 0.29) is 28.9 Å². The summed E-state index contributed by atoms with van der Waals surface area (Å²) in [5, 5.41) is 4.03. The highest BCUT2D eigenvalue weighted by Gasteiger charge is 2.34. The third kappa shape index (κ3) is 3.97. The van der Waals surface area contributed by atoms with Crippen molar-refractivity contribution in [2.24, 2.45) is 0 Å². The fraction of sp³-hybridized carbons (Fsp3) is 0.0909. The van der Waals surface area contributed by atoms with Gasteiger partial charge in [-0.2, -0.15) is 0 Å². The number of amides is 2. The van der Waals surface area contributed by atoms with E-state index in [0.717, 1.165) is 11.1 Å². The Morgan fingerprint density at radius 3 is 2.34 bits per heavy atom. The second-order valence-corrected chi connectivity index (χ2v) is 7.93. The van der Waals surface area contributed by atoms with Crippen LogP contribution in [0.15, 0.2) is 66.7 Å². The van der Waals surface area contributed by atoms with Gasteiger partial charge in [0.05, 0.1) is 16.6 Å². The SMILES string of the molecule is O=C1CN(C(=O)c2ccc(Cl)cc2Cl)C(c2ccccc2)c2cc(Cl)ccc2N1. The molecule has 0 radical (unpaired) electrons. The largest absolute Gasteiger partial charge is 0.324 e. The molecule has 1 aliphatic heterocycles. The number of nitrogens with zero attached hydrogens (tertiary/aromatic N) is 1. The zero-order valence-electron chi connectivity index (χ0n) is 15.0. The Morgan fingerprint density at radius 2 is 1.62 bits per heavy atom. The predicted octanol–water partition coefficient (Wildman–Crippen LogP) is 5.83. The van der Waals surface area contributed by atoms with Crippen molar-refractivity contribution < 1.29 is 9.59 Å². The van der Waals surface area contributed by atoms with Crippen LogP contribution in [-0.4, -0.2) is 23.3 Å². The van der Waals surface area contributed by atoms with Crippen molar-refractivity contribution in [3.8, 4) is 0 Å². The minimum atomic E-state index is -0.525. The summed E-state index contributed by atoms with van der Waals surface area (Å²) >= 11 is 18.5. The van der Waals surface area contributed by atoms with E-state index in [1.165, 1.54) is 11.0 Å². The highest BCUT2D eigenvalue weighted by molar-refractivity contribution is 6.36. The first-order valence-electron chi connectivity index (χ1n) is 8.84. The van der Waals surface area contributed by atoms with Crippen molar-refractivity contribution in [2.45, 2.75) is 6.04 Å². The lowest BCUT2D eigenvalue weighted by molar-refractivity contribution is -0.117. The summed E-state index contributed by atoms with van der Waals surface area (Å²) in [7, 11) is 0. The molecule has 29 heavy (non-hydrogen) atoms. The molecule has 0 saturated heterocycles. The van der Waals surface area contributed by atoms with Crippen LogP contribution in [0.25, 0.3) is 0 Å². The van der Waals surface area contributed by atoms with Crippen LogP contribution in [0.2, 0.25) is 15.1 Å². The van der Waals surface area contributed by atoms with Gasteiger partial charge in [-0.05, 0) is 42.0 Å². The molecule has 7 heteroatoms. The molecular formula is C22H15Cl3N2O2. The molecule has 4 nitrogen and oxygen atoms in total. The third-order valence-electron chi connectivity index (χ3n) is 4.75. The maximum atomic E-state index is 13.5. The van der Waals surface area contributed by atoms with Crippen LogP contribution in [0.4, 0.5) is 5.69 Å². The molecule has 146 valence electrons. The molecule has 1 aliphatic rings. The highest BCUT2D eigenvalue weighted by Crippen LogP contribution is 2.38. The number of carbonyl (C=O) groups is 2. The van der Waals surface area contributed by atoms with Crippen LogP contribution >= 0.6 is 34.8 Å². The summed E-state index contributed by atoms with van der Waals surface area (Å²) in [5.41, 5.74) is 2.47. The Labute approximate surface area is 183 Å². The predicted molar refractivity (Wildman–Crippen MR) is 116 cm³/mol. The normalized spacial score (nSPS) is 16.0. The zero-order chi connectivity index (χ0) is 20.5. The Kier molecular flexibility index (Phi) is 5.50. The van der Waals surface area contributed by atoms with Gasteiger partial charge < -0.3 is 10.2 Å². The molecule has 1 unspecified atom stereocenters. The zero-order valence-corrected chi connectivity index (χ0v) is 17.3. The number of fused-ring (bicyclic) bond motifs is 1. The maximum absolute atomic E-state index is 13.5. The Balaban J connectivity index is 1.90. The molecule has 3 aromatic rings. The van der Waals surface area contributed by atoms with Crippen molar-refractivity contribution in [1.82, 2.24) is 4.90 Å². The summed E-state index contributed by atoms with van der Waals surface area (Å²) in [6.45, 7) is -0.135. The molecule has 0 fully saturated rings. The van der Waals surface area contributed by atoms with Gasteiger partial charge in [0.2, 0.25) is 5.91 Å². The second-order valence-electron chi connectivity index (χ2n) is 6.65. The summed E-state index contributed by atoms with van der Waals surface area (Å²) < 4.78 is 0. The van der Waals surface area contributed by atoms with Gasteiger partial charge in [0.1, 0.15) is 6.54 Å². The van der Waals surface area contributed by atoms with Crippen LogP contribution in [0.5, 0.6) is 0 Å². The van der Waals surface area contributed by atoms with Gasteiger partial charge >= 0.3 is 0 Å². The fourth-order valence-electron chi connectivity index (χ4n) is 3.48. The van der Waals surface area contributed by atoms with Crippen molar-refractivity contribution >= 4 is 52.3 Å². The average molecular weight is 446 g/mol. The van der Waals surface area contributed by atoms with Gasteiger partial charge in [0.25, 0.3) is 5.91 Å². The standard InChI is InChI=1S/C22H15Cl3N2O2/c23-14-7-9-19-17(10-14)21(13-4-2-1-3-5-13)27(12-20(28)26-19)22(29)16-8-6-15(24)11-18(16)25/h1-11,21H,12H2,(H,26,28). The van der Waals surface area contributed by atoms with Gasteiger partial charge in [0.15, 0.2) is 0 Å². The first kappa shape index (κ1) is 19.8. The van der Waals surface area contributed by atoms with E-state index in [4.69, 9.17) is 34.8 Å². The number of hydrogen-bond acceptors (Lipinski definition) is 2. The Morgan fingerprint density at radius 1 is 0.931 bits per heavy atom. The minimum Gasteiger partial charge on any atom is -0.324 e. The third-order valence-corrected chi connectivity index (χ3v) is 5.53. The summed E-state index contributed by atoms with van der Waals surface area (Å²) in [4.78, 5) is 27.6. The van der Waals surface area contributed by atoms with E-state index in [2.05, 4.69) is 5.32 Å². The molecule has 3 aromatic carbocycles. The number of benzene rings is 3. The lowest BCUT2D eigenvalue weighted by atomic mass is 9.95. The molecule has 0 aromatic heterocycles. The van der Waals surface area contributed by atoms with Gasteiger partial charge in [-0.25, -0.2) is 0 Å². The van der Waals surface area contributed by atoms with Gasteiger partial charge in [-0.15, -0.1) is 0 Å². The monoisotopic (exact) mass is 444 g/mol. The number of hydrogen-bond donors (Lipinski definition) is 1. The van der Waals surface area contributed by atoms with Crippen LogP contribution in [-0.2, 0) is 4.79 Å². The van der Waals surface area contributed by atoms with E-state index in [9.17, 15) is 9.59 Å². The number of carbonyl (C=O) groups excluding carboxylic acids is 2. The van der Waals surface area contributed by atoms with Crippen LogP contribution in [0, 0.1) is 0 Å². The van der Waals surface area contributed by atoms with Crippen LogP contribution in [0.3, 0.4) is 0 Å². The minimum absolute atomic E-state index is 0.135. The van der Waals surface area contributed by atoms with E-state index in [0.29, 0.717) is 15.7 Å². The first-order valence-corrected chi connectivity index (χ1v) is 9.97. The molecule has 2 amide bonds. The molecular weight excluding hydrogens is 431 g/mol. The van der Waals surface area contributed by atoms with Gasteiger partial charge in [0, 0.05) is 21.3 Å². The van der Waals surface area contributed by atoms with Crippen molar-refractivity contribution in [3.05, 3.63) is 98.5 Å². The number of anilines is 1. The van der Waals surface area contributed by atoms with Gasteiger partial charge in [-0.3, -0.25) is 9.59 Å². The number of nitrogens with one attached hydrogen (secondary N) is 1. The number of rotatable bonds is 2. The average Bonchev–Trinajstić information content (AvgIpc) is 2.84. The quantitative estimate of drug-likeness (QED) is 0.539. The summed E-state index contributed by atoms with van der Waals surface area (Å²) in [6, 6.07) is 18.9. The molecule has 1 N–H and O–H groups in total. The van der Waals surface area contributed by atoms with E-state index >= 15 is 0 Å². The molecule has 1 atom stereocenters. The smallest absolute Gasteiger partial charge is 0.256 e. The second kappa shape index (κ2) is 8.07. The van der Waals surface area contributed by atoms with Gasteiger partial charge in [-0.1, -0.05) is 65.1 Å². The lowest BCUT2D eigenvalue weighted by Crippen LogP contribution is -2.39. The van der Waals surface area contributed by atoms with E-state index < -0.39 is 6.04 Å². The topological polar surface area (TPSA) is 49.4 Å². The maximum Gasteiger partial charge on any atom is 0.256 e. The molecule has 1 heterocycles. The van der Waals surface area contributed by atoms with Crippen molar-refractivity contribution in [1.29, 1.82) is 0 Å². The highest BCUT2D eigenvalue weighted by atomic mass is 35.5. The summed E-state index contributed by atoms with van der Waals surface area (Å²) in [5.74, 6) is -0.672. The molecule has 0 spiro atoms. The molecule has 4 rings (SSSR count). The first-order chi connectivity index (χ1) is 13.9. The van der Waals surface area contributed by atoms with Crippen molar-refractivity contribution in [2.75, 3.05) is 11.9 Å². The molecule has 0 saturated carbocycles. The van der Waals surface area contributed by atoms with E-state index in [1.807, 2.05) is 30.3 Å². The van der Waals surface area contributed by atoms with E-state index in [1.54, 1.807) is 30.3 Å². The number of halogens is 3. The van der Waals surface area contributed by atoms with Crippen molar-refractivity contribution in [3.63, 3.8) is 0 Å². The molecule has 0 aliphatic carbocycles. The van der Waals surface area contributed by atoms with Crippen LogP contribution < -0.4 is 5.32 Å². The molecule has 0 bridgehead atoms. The summed E-state index contributed by atoms with van der Waals surface area (Å²) in [6.07, 6.45) is 0. The Hall–Kier alpha value is -2.53. The fourth-order valence-corrected chi connectivity index (χ4v) is 4.15. The Bertz CT molecular complexity index is 1100. The van der Waals surface area contributed by atoms with Crippen LogP contribution in [0.1, 0.15) is 27.5 Å². The lowest BCUT2D eigenvalue weighted by Gasteiger charge is -2.31.